The maximum absolute atomic E-state index is 9.53. The lowest BCUT2D eigenvalue weighted by atomic mass is 9.96. The van der Waals surface area contributed by atoms with E-state index < -0.39 is 6.10 Å². The molecule has 2 heterocycles. The van der Waals surface area contributed by atoms with Crippen LogP contribution in [0.2, 0.25) is 0 Å². The Labute approximate surface area is 115 Å². The Morgan fingerprint density at radius 3 is 2.63 bits per heavy atom. The van der Waals surface area contributed by atoms with E-state index in [0.29, 0.717) is 0 Å². The maximum Gasteiger partial charge on any atom is 0.0931 e. The van der Waals surface area contributed by atoms with E-state index in [-0.39, 0.29) is 0 Å². The Morgan fingerprint density at radius 2 is 2.00 bits per heavy atom. The molecule has 1 aliphatic carbocycles. The van der Waals surface area contributed by atoms with Crippen molar-refractivity contribution in [3.63, 3.8) is 0 Å². The van der Waals surface area contributed by atoms with E-state index >= 15 is 0 Å². The van der Waals surface area contributed by atoms with Gasteiger partial charge in [0.15, 0.2) is 0 Å². The molecule has 1 saturated heterocycles. The normalized spacial score (nSPS) is 26.0. The van der Waals surface area contributed by atoms with Crippen molar-refractivity contribution in [3.8, 4) is 0 Å². The first-order valence-corrected chi connectivity index (χ1v) is 7.66. The summed E-state index contributed by atoms with van der Waals surface area (Å²) < 4.78 is 0. The predicted molar refractivity (Wildman–Crippen MR) is 77.2 cm³/mol. The van der Waals surface area contributed by atoms with E-state index in [1.54, 1.807) is 6.92 Å². The minimum Gasteiger partial charge on any atom is -0.387 e. The zero-order valence-electron chi connectivity index (χ0n) is 11.8. The van der Waals surface area contributed by atoms with Gasteiger partial charge < -0.3 is 10.0 Å². The highest BCUT2D eigenvalue weighted by Gasteiger charge is 2.33. The largest absolute Gasteiger partial charge is 0.387 e. The molecule has 0 bridgehead atoms. The van der Waals surface area contributed by atoms with Crippen LogP contribution in [0.5, 0.6) is 0 Å². The van der Waals surface area contributed by atoms with Crippen LogP contribution in [0.4, 0.5) is 5.69 Å². The summed E-state index contributed by atoms with van der Waals surface area (Å²) in [6.45, 7) is 2.93. The lowest BCUT2D eigenvalue weighted by Crippen LogP contribution is -2.34. The van der Waals surface area contributed by atoms with Crippen LogP contribution in [0, 0.1) is 5.92 Å². The lowest BCUT2D eigenvalue weighted by Gasteiger charge is -2.31. The summed E-state index contributed by atoms with van der Waals surface area (Å²) in [6, 6.07) is 4.81. The average Bonchev–Trinajstić information content (AvgIpc) is 3.09. The van der Waals surface area contributed by atoms with Crippen LogP contribution in [-0.4, -0.2) is 22.7 Å². The van der Waals surface area contributed by atoms with Crippen LogP contribution >= 0.6 is 0 Å². The van der Waals surface area contributed by atoms with Crippen molar-refractivity contribution in [1.29, 1.82) is 0 Å². The molecule has 3 rings (SSSR count). The van der Waals surface area contributed by atoms with Crippen molar-refractivity contribution in [2.45, 2.75) is 57.6 Å². The number of pyridine rings is 1. The molecule has 1 aromatic rings. The highest BCUT2D eigenvalue weighted by molar-refractivity contribution is 5.47. The van der Waals surface area contributed by atoms with Crippen LogP contribution in [0.25, 0.3) is 0 Å². The molecule has 19 heavy (non-hydrogen) atoms. The molecule has 0 aromatic carbocycles. The van der Waals surface area contributed by atoms with Crippen LogP contribution in [0.15, 0.2) is 18.3 Å². The fraction of sp³-hybridized carbons (Fsp3) is 0.688. The van der Waals surface area contributed by atoms with E-state index in [1.807, 2.05) is 12.3 Å². The van der Waals surface area contributed by atoms with E-state index in [9.17, 15) is 5.11 Å². The molecule has 104 valence electrons. The third kappa shape index (κ3) is 2.62. The quantitative estimate of drug-likeness (QED) is 0.906. The summed E-state index contributed by atoms with van der Waals surface area (Å²) in [6.07, 6.45) is 9.74. The van der Waals surface area contributed by atoms with Gasteiger partial charge in [-0.25, -0.2) is 0 Å². The van der Waals surface area contributed by atoms with Gasteiger partial charge in [0, 0.05) is 12.6 Å². The number of hydrogen-bond donors (Lipinski definition) is 1. The molecule has 0 spiro atoms. The molecule has 3 nitrogen and oxygen atoms in total. The molecule has 0 radical (unpaired) electrons. The van der Waals surface area contributed by atoms with Gasteiger partial charge in [-0.05, 0) is 50.7 Å². The number of hydrogen-bond acceptors (Lipinski definition) is 3. The van der Waals surface area contributed by atoms with Gasteiger partial charge in [0.25, 0.3) is 0 Å². The Morgan fingerprint density at radius 1 is 1.21 bits per heavy atom. The minimum absolute atomic E-state index is 0.474. The summed E-state index contributed by atoms with van der Waals surface area (Å²) in [5, 5.41) is 9.53. The zero-order valence-corrected chi connectivity index (χ0v) is 11.8. The Balaban J connectivity index is 1.76. The summed E-state index contributed by atoms with van der Waals surface area (Å²) in [5.74, 6) is 0.888. The molecule has 2 atom stereocenters. The molecule has 1 aliphatic heterocycles. The van der Waals surface area contributed by atoms with Crippen LogP contribution < -0.4 is 4.90 Å². The summed E-state index contributed by atoms with van der Waals surface area (Å²) >= 11 is 0. The third-order valence-electron chi connectivity index (χ3n) is 4.77. The van der Waals surface area contributed by atoms with Gasteiger partial charge in [0.1, 0.15) is 0 Å². The molecule has 1 aromatic heterocycles. The molecule has 1 unspecified atom stereocenters. The number of aromatic nitrogens is 1. The Hall–Kier alpha value is -1.09. The van der Waals surface area contributed by atoms with Crippen LogP contribution in [0.3, 0.4) is 0 Å². The standard InChI is InChI=1S/C16H24N2O/c1-12(19)15-9-8-14(11-17-15)18-10-4-7-16(18)13-5-2-3-6-13/h8-9,11-13,16,19H,2-7,10H2,1H3/t12-,16?/m0/s1. The number of nitrogens with zero attached hydrogens (tertiary/aromatic N) is 2. The Bertz CT molecular complexity index is 409. The van der Waals surface area contributed by atoms with Gasteiger partial charge in [-0.3, -0.25) is 4.98 Å². The topological polar surface area (TPSA) is 36.4 Å². The van der Waals surface area contributed by atoms with Crippen LogP contribution in [-0.2, 0) is 0 Å². The number of aliphatic hydroxyl groups is 1. The number of aliphatic hydroxyl groups excluding tert-OH is 1. The van der Waals surface area contributed by atoms with Crippen molar-refractivity contribution in [2.24, 2.45) is 5.92 Å². The fourth-order valence-electron chi connectivity index (χ4n) is 3.76. The van der Waals surface area contributed by atoms with Gasteiger partial charge in [0.05, 0.1) is 23.7 Å². The van der Waals surface area contributed by atoms with Crippen molar-refractivity contribution in [3.05, 3.63) is 24.0 Å². The van der Waals surface area contributed by atoms with Gasteiger partial charge in [-0.2, -0.15) is 0 Å². The van der Waals surface area contributed by atoms with E-state index in [2.05, 4.69) is 16.0 Å². The van der Waals surface area contributed by atoms with Gasteiger partial charge in [-0.1, -0.05) is 12.8 Å². The van der Waals surface area contributed by atoms with E-state index in [1.165, 1.54) is 44.2 Å². The molecule has 0 amide bonds. The minimum atomic E-state index is -0.474. The first-order valence-electron chi connectivity index (χ1n) is 7.66. The second-order valence-corrected chi connectivity index (χ2v) is 6.06. The molecular formula is C16H24N2O. The average molecular weight is 260 g/mol. The first kappa shape index (κ1) is 12.9. The molecule has 2 fully saturated rings. The number of rotatable bonds is 3. The Kier molecular flexibility index (Phi) is 3.74. The third-order valence-corrected chi connectivity index (χ3v) is 4.77. The molecule has 2 aliphatic rings. The van der Waals surface area contributed by atoms with Crippen molar-refractivity contribution < 1.29 is 5.11 Å². The summed E-state index contributed by atoms with van der Waals surface area (Å²) in [5.41, 5.74) is 2.00. The van der Waals surface area contributed by atoms with Gasteiger partial charge >= 0.3 is 0 Å². The van der Waals surface area contributed by atoms with E-state index in [0.717, 1.165) is 24.2 Å². The monoisotopic (exact) mass is 260 g/mol. The second-order valence-electron chi connectivity index (χ2n) is 6.06. The fourth-order valence-corrected chi connectivity index (χ4v) is 3.76. The summed E-state index contributed by atoms with van der Waals surface area (Å²) in [4.78, 5) is 6.94. The maximum atomic E-state index is 9.53. The van der Waals surface area contributed by atoms with Crippen molar-refractivity contribution in [1.82, 2.24) is 4.98 Å². The van der Waals surface area contributed by atoms with E-state index in [4.69, 9.17) is 0 Å². The molecular weight excluding hydrogens is 236 g/mol. The first-order chi connectivity index (χ1) is 9.25. The highest BCUT2D eigenvalue weighted by atomic mass is 16.3. The van der Waals surface area contributed by atoms with Gasteiger partial charge in [0.2, 0.25) is 0 Å². The van der Waals surface area contributed by atoms with Gasteiger partial charge in [-0.15, -0.1) is 0 Å². The molecule has 1 saturated carbocycles. The zero-order chi connectivity index (χ0) is 13.2. The molecule has 1 N–H and O–H groups in total. The predicted octanol–water partition coefficient (Wildman–Crippen LogP) is 3.29. The highest BCUT2D eigenvalue weighted by Crippen LogP contribution is 2.37. The molecule has 3 heteroatoms. The SMILES string of the molecule is C[C@H](O)c1ccc(N2CCCC2C2CCCC2)cn1. The number of anilines is 1. The van der Waals surface area contributed by atoms with Crippen LogP contribution in [0.1, 0.15) is 57.2 Å². The second kappa shape index (κ2) is 5.49. The lowest BCUT2D eigenvalue weighted by molar-refractivity contribution is 0.194. The van der Waals surface area contributed by atoms with Crippen molar-refractivity contribution in [2.75, 3.05) is 11.4 Å². The van der Waals surface area contributed by atoms with Crippen molar-refractivity contribution >= 4 is 5.69 Å². The summed E-state index contributed by atoms with van der Waals surface area (Å²) in [7, 11) is 0. The smallest absolute Gasteiger partial charge is 0.0931 e.